The van der Waals surface area contributed by atoms with Crippen LogP contribution in [0.15, 0.2) is 0 Å². The summed E-state index contributed by atoms with van der Waals surface area (Å²) >= 11 is 5.38. The van der Waals surface area contributed by atoms with Crippen LogP contribution in [0.4, 0.5) is 0 Å². The van der Waals surface area contributed by atoms with E-state index < -0.39 is 0 Å². The minimum atomic E-state index is 0.979. The molecule has 14 heavy (non-hydrogen) atoms. The summed E-state index contributed by atoms with van der Waals surface area (Å²) in [6.07, 6.45) is 4.90. The fourth-order valence-corrected chi connectivity index (χ4v) is 1.46. The van der Waals surface area contributed by atoms with Gasteiger partial charge in [0.15, 0.2) is 5.11 Å². The van der Waals surface area contributed by atoms with Gasteiger partial charge >= 0.3 is 0 Å². The average Bonchev–Trinajstić information content (AvgIpc) is 2.21. The van der Waals surface area contributed by atoms with E-state index in [-0.39, 0.29) is 0 Å². The molecule has 0 radical (unpaired) electrons. The van der Waals surface area contributed by atoms with E-state index in [2.05, 4.69) is 37.7 Å². The molecule has 3 heteroatoms. The van der Waals surface area contributed by atoms with Crippen LogP contribution < -0.4 is 0 Å². The topological polar surface area (TPSA) is 6.48 Å². The van der Waals surface area contributed by atoms with E-state index in [4.69, 9.17) is 12.2 Å². The first kappa shape index (κ1) is 13.7. The van der Waals surface area contributed by atoms with Gasteiger partial charge in [-0.2, -0.15) is 0 Å². The summed E-state index contributed by atoms with van der Waals surface area (Å²) in [5, 5.41) is 0.979. The predicted octanol–water partition coefficient (Wildman–Crippen LogP) is 2.74. The van der Waals surface area contributed by atoms with E-state index in [0.717, 1.165) is 18.2 Å². The Balaban J connectivity index is 3.78. The van der Waals surface area contributed by atoms with Crippen LogP contribution in [0, 0.1) is 0 Å². The van der Waals surface area contributed by atoms with Crippen LogP contribution in [0.1, 0.15) is 39.5 Å². The zero-order valence-electron chi connectivity index (χ0n) is 10.0. The summed E-state index contributed by atoms with van der Waals surface area (Å²) in [5.74, 6) is 0. The molecule has 0 atom stereocenters. The summed E-state index contributed by atoms with van der Waals surface area (Å²) in [7, 11) is 4.17. The van der Waals surface area contributed by atoms with Crippen molar-refractivity contribution in [3.8, 4) is 0 Å². The maximum absolute atomic E-state index is 5.38. The number of hydrogen-bond acceptors (Lipinski definition) is 1. The highest BCUT2D eigenvalue weighted by Gasteiger charge is 2.07. The Morgan fingerprint density at radius 1 is 0.929 bits per heavy atom. The molecule has 0 heterocycles. The lowest BCUT2D eigenvalue weighted by Gasteiger charge is -2.28. The molecular formula is C11H24N2S. The average molecular weight is 216 g/mol. The van der Waals surface area contributed by atoms with Gasteiger partial charge in [-0.3, -0.25) is 0 Å². The zero-order chi connectivity index (χ0) is 11.0. The van der Waals surface area contributed by atoms with Gasteiger partial charge in [-0.25, -0.2) is 0 Å². The summed E-state index contributed by atoms with van der Waals surface area (Å²) in [6.45, 7) is 6.56. The maximum Gasteiger partial charge on any atom is 0.171 e. The molecule has 0 saturated carbocycles. The first-order valence-electron chi connectivity index (χ1n) is 5.59. The Labute approximate surface area is 94.3 Å². The van der Waals surface area contributed by atoms with Crippen molar-refractivity contribution < 1.29 is 0 Å². The second-order valence-electron chi connectivity index (χ2n) is 3.83. The third kappa shape index (κ3) is 5.43. The van der Waals surface area contributed by atoms with Gasteiger partial charge in [0.2, 0.25) is 0 Å². The maximum atomic E-state index is 5.38. The number of nitrogens with zero attached hydrogens (tertiary/aromatic N) is 2. The molecule has 0 bridgehead atoms. The molecule has 84 valence electrons. The van der Waals surface area contributed by atoms with Crippen LogP contribution in [-0.2, 0) is 0 Å². The van der Waals surface area contributed by atoms with Crippen LogP contribution in [0.5, 0.6) is 0 Å². The minimum Gasteiger partial charge on any atom is -0.352 e. The summed E-state index contributed by atoms with van der Waals surface area (Å²) in [4.78, 5) is 4.35. The van der Waals surface area contributed by atoms with Gasteiger partial charge in [0.05, 0.1) is 0 Å². The second-order valence-corrected chi connectivity index (χ2v) is 4.20. The van der Waals surface area contributed by atoms with Gasteiger partial charge in [0, 0.05) is 27.2 Å². The second kappa shape index (κ2) is 8.04. The smallest absolute Gasteiger partial charge is 0.171 e. The fourth-order valence-electron chi connectivity index (χ4n) is 1.27. The standard InChI is InChI=1S/C11H24N2S/c1-5-7-9-12(3)11(14)13(4)10-8-6-2/h5-10H2,1-4H3. The lowest BCUT2D eigenvalue weighted by Crippen LogP contribution is -2.39. The van der Waals surface area contributed by atoms with Crippen molar-refractivity contribution in [1.29, 1.82) is 0 Å². The van der Waals surface area contributed by atoms with Crippen molar-refractivity contribution in [2.24, 2.45) is 0 Å². The monoisotopic (exact) mass is 216 g/mol. The molecule has 0 aliphatic rings. The van der Waals surface area contributed by atoms with E-state index in [9.17, 15) is 0 Å². The Bertz CT molecular complexity index is 143. The molecule has 0 rings (SSSR count). The lowest BCUT2D eigenvalue weighted by molar-refractivity contribution is 0.389. The number of hydrogen-bond donors (Lipinski definition) is 0. The number of rotatable bonds is 6. The molecule has 0 aromatic heterocycles. The highest BCUT2D eigenvalue weighted by molar-refractivity contribution is 7.80. The SMILES string of the molecule is CCCCN(C)C(=S)N(C)CCCC. The Morgan fingerprint density at radius 2 is 1.29 bits per heavy atom. The van der Waals surface area contributed by atoms with Crippen LogP contribution in [0.2, 0.25) is 0 Å². The van der Waals surface area contributed by atoms with Crippen molar-refractivity contribution in [2.45, 2.75) is 39.5 Å². The Hall–Kier alpha value is -0.310. The third-order valence-electron chi connectivity index (χ3n) is 2.35. The van der Waals surface area contributed by atoms with Crippen molar-refractivity contribution in [3.63, 3.8) is 0 Å². The van der Waals surface area contributed by atoms with Gasteiger partial charge in [-0.05, 0) is 25.1 Å². The lowest BCUT2D eigenvalue weighted by atomic mass is 10.3. The summed E-state index contributed by atoms with van der Waals surface area (Å²) in [5.41, 5.74) is 0. The molecule has 0 aliphatic heterocycles. The van der Waals surface area contributed by atoms with Crippen LogP contribution in [0.3, 0.4) is 0 Å². The first-order chi connectivity index (χ1) is 6.63. The molecular weight excluding hydrogens is 192 g/mol. The molecule has 0 unspecified atom stereocenters. The van der Waals surface area contributed by atoms with Crippen molar-refractivity contribution in [2.75, 3.05) is 27.2 Å². The highest BCUT2D eigenvalue weighted by atomic mass is 32.1. The predicted molar refractivity (Wildman–Crippen MR) is 67.7 cm³/mol. The first-order valence-corrected chi connectivity index (χ1v) is 6.00. The van der Waals surface area contributed by atoms with Crippen molar-refractivity contribution in [1.82, 2.24) is 9.80 Å². The summed E-state index contributed by atoms with van der Waals surface area (Å²) in [6, 6.07) is 0. The van der Waals surface area contributed by atoms with Gasteiger partial charge in [0.1, 0.15) is 0 Å². The largest absolute Gasteiger partial charge is 0.352 e. The van der Waals surface area contributed by atoms with Gasteiger partial charge in [0.25, 0.3) is 0 Å². The Kier molecular flexibility index (Phi) is 7.86. The normalized spacial score (nSPS) is 10.0. The van der Waals surface area contributed by atoms with E-state index in [0.29, 0.717) is 0 Å². The molecule has 2 nitrogen and oxygen atoms in total. The molecule has 0 aromatic rings. The third-order valence-corrected chi connectivity index (χ3v) is 2.97. The van der Waals surface area contributed by atoms with Crippen molar-refractivity contribution >= 4 is 17.3 Å². The number of unbranched alkanes of at least 4 members (excludes halogenated alkanes) is 2. The summed E-state index contributed by atoms with van der Waals surface area (Å²) < 4.78 is 0. The zero-order valence-corrected chi connectivity index (χ0v) is 10.9. The quantitative estimate of drug-likeness (QED) is 0.630. The van der Waals surface area contributed by atoms with E-state index in [1.807, 2.05) is 0 Å². The minimum absolute atomic E-state index is 0.979. The molecule has 0 amide bonds. The van der Waals surface area contributed by atoms with Crippen LogP contribution in [0.25, 0.3) is 0 Å². The van der Waals surface area contributed by atoms with Gasteiger partial charge < -0.3 is 9.80 Å². The Morgan fingerprint density at radius 3 is 1.57 bits per heavy atom. The van der Waals surface area contributed by atoms with Crippen LogP contribution in [-0.4, -0.2) is 42.1 Å². The number of thiocarbonyl (C=S) groups is 1. The molecule has 0 spiro atoms. The molecule has 0 fully saturated rings. The molecule has 0 aliphatic carbocycles. The molecule has 0 N–H and O–H groups in total. The van der Waals surface area contributed by atoms with Gasteiger partial charge in [-0.15, -0.1) is 0 Å². The van der Waals surface area contributed by atoms with Crippen LogP contribution >= 0.6 is 12.2 Å². The van der Waals surface area contributed by atoms with Gasteiger partial charge in [-0.1, -0.05) is 26.7 Å². The van der Waals surface area contributed by atoms with E-state index in [1.165, 1.54) is 25.7 Å². The van der Waals surface area contributed by atoms with E-state index in [1.54, 1.807) is 0 Å². The highest BCUT2D eigenvalue weighted by Crippen LogP contribution is 2.00. The molecule has 0 saturated heterocycles. The van der Waals surface area contributed by atoms with E-state index >= 15 is 0 Å². The molecule has 0 aromatic carbocycles. The fraction of sp³-hybridized carbons (Fsp3) is 0.909. The van der Waals surface area contributed by atoms with Crippen molar-refractivity contribution in [3.05, 3.63) is 0 Å².